The van der Waals surface area contributed by atoms with Gasteiger partial charge in [-0.3, -0.25) is 30.0 Å². The summed E-state index contributed by atoms with van der Waals surface area (Å²) in [6, 6.07) is 6.40. The molecule has 0 bridgehead atoms. The summed E-state index contributed by atoms with van der Waals surface area (Å²) in [7, 11) is 0. The number of ether oxygens (including phenoxy) is 2. The third-order valence-electron chi connectivity index (χ3n) is 2.59. The molecule has 0 aliphatic carbocycles. The number of rotatable bonds is 8. The van der Waals surface area contributed by atoms with E-state index in [0.29, 0.717) is 10.8 Å². The molecule has 0 heterocycles. The summed E-state index contributed by atoms with van der Waals surface area (Å²) in [6.45, 7) is 0.558. The molecule has 0 radical (unpaired) electrons. The fourth-order valence-electron chi connectivity index (χ4n) is 1.45. The van der Waals surface area contributed by atoms with Gasteiger partial charge in [-0.05, 0) is 24.3 Å². The van der Waals surface area contributed by atoms with Crippen molar-refractivity contribution in [3.05, 3.63) is 29.3 Å². The first-order valence-electron chi connectivity index (χ1n) is 7.23. The molecule has 0 saturated heterocycles. The highest BCUT2D eigenvalue weighted by atomic mass is 35.5. The Bertz CT molecular complexity index is 620. The van der Waals surface area contributed by atoms with Crippen LogP contribution in [0.15, 0.2) is 24.3 Å². The van der Waals surface area contributed by atoms with Gasteiger partial charge in [0.1, 0.15) is 5.75 Å². The molecule has 1 aromatic rings. The van der Waals surface area contributed by atoms with Crippen LogP contribution >= 0.6 is 11.6 Å². The molecule has 0 spiro atoms. The van der Waals surface area contributed by atoms with E-state index < -0.39 is 24.4 Å². The van der Waals surface area contributed by atoms with Gasteiger partial charge >= 0.3 is 5.97 Å². The average molecular weight is 372 g/mol. The molecule has 25 heavy (non-hydrogen) atoms. The summed E-state index contributed by atoms with van der Waals surface area (Å²) in [5.41, 5.74) is 4.18. The minimum Gasteiger partial charge on any atom is -0.484 e. The van der Waals surface area contributed by atoms with Crippen molar-refractivity contribution in [2.45, 2.75) is 13.3 Å². The van der Waals surface area contributed by atoms with Crippen LogP contribution in [0, 0.1) is 0 Å². The molecule has 0 aromatic heterocycles. The van der Waals surface area contributed by atoms with E-state index >= 15 is 0 Å². The maximum atomic E-state index is 11.5. The Hall–Kier alpha value is -2.81. The number of hydrogen-bond acceptors (Lipinski definition) is 6. The molecule has 1 rings (SSSR count). The average Bonchev–Trinajstić information content (AvgIpc) is 2.57. The number of esters is 1. The molecule has 9 nitrogen and oxygen atoms in total. The van der Waals surface area contributed by atoms with E-state index in [4.69, 9.17) is 16.3 Å². The summed E-state index contributed by atoms with van der Waals surface area (Å²) >= 11 is 5.72. The topological polar surface area (TPSA) is 123 Å². The van der Waals surface area contributed by atoms with Crippen LogP contribution in [0.25, 0.3) is 0 Å². The molecule has 0 unspecified atom stereocenters. The number of hydrogen-bond donors (Lipinski definition) is 3. The Balaban J connectivity index is 2.14. The molecule has 1 aromatic carbocycles. The van der Waals surface area contributed by atoms with E-state index in [9.17, 15) is 19.2 Å². The van der Waals surface area contributed by atoms with E-state index in [-0.39, 0.29) is 25.5 Å². The predicted molar refractivity (Wildman–Crippen MR) is 87.5 cm³/mol. The van der Waals surface area contributed by atoms with Crippen LogP contribution < -0.4 is 20.9 Å². The predicted octanol–water partition coefficient (Wildman–Crippen LogP) is -0.0644. The van der Waals surface area contributed by atoms with Crippen LogP contribution in [0.1, 0.15) is 13.3 Å². The minimum absolute atomic E-state index is 0.0614. The number of benzene rings is 1. The second-order valence-electron chi connectivity index (χ2n) is 4.73. The molecule has 3 amide bonds. The molecule has 0 atom stereocenters. The Labute approximate surface area is 149 Å². The fourth-order valence-corrected chi connectivity index (χ4v) is 1.58. The molecule has 0 aliphatic heterocycles. The lowest BCUT2D eigenvalue weighted by Crippen LogP contribution is -2.45. The molecule has 136 valence electrons. The van der Waals surface area contributed by atoms with Gasteiger partial charge in [-0.15, -0.1) is 0 Å². The second-order valence-corrected chi connectivity index (χ2v) is 5.17. The molecule has 0 fully saturated rings. The highest BCUT2D eigenvalue weighted by Crippen LogP contribution is 2.15. The highest BCUT2D eigenvalue weighted by Gasteiger charge is 2.09. The normalized spacial score (nSPS) is 9.68. The summed E-state index contributed by atoms with van der Waals surface area (Å²) < 4.78 is 9.84. The largest absolute Gasteiger partial charge is 0.484 e. The van der Waals surface area contributed by atoms with E-state index in [1.807, 2.05) is 0 Å². The van der Waals surface area contributed by atoms with Crippen molar-refractivity contribution >= 4 is 35.3 Å². The van der Waals surface area contributed by atoms with Crippen LogP contribution in [-0.2, 0) is 23.9 Å². The lowest BCUT2D eigenvalue weighted by atomic mass is 10.3. The van der Waals surface area contributed by atoms with Crippen molar-refractivity contribution in [2.24, 2.45) is 0 Å². The lowest BCUT2D eigenvalue weighted by Gasteiger charge is -2.09. The van der Waals surface area contributed by atoms with Gasteiger partial charge in [0.05, 0.1) is 6.42 Å². The van der Waals surface area contributed by atoms with Crippen LogP contribution in [0.4, 0.5) is 0 Å². The zero-order valence-corrected chi connectivity index (χ0v) is 14.2. The Morgan fingerprint density at radius 1 is 1.00 bits per heavy atom. The maximum absolute atomic E-state index is 11.5. The fraction of sp³-hybridized carbons (Fsp3) is 0.333. The second kappa shape index (κ2) is 10.9. The monoisotopic (exact) mass is 371 g/mol. The summed E-state index contributed by atoms with van der Waals surface area (Å²) in [4.78, 5) is 44.8. The molecule has 0 aliphatic rings. The van der Waals surface area contributed by atoms with Crippen molar-refractivity contribution in [1.29, 1.82) is 0 Å². The zero-order valence-electron chi connectivity index (χ0n) is 13.5. The standard InChI is InChI=1S/C15H18ClN3O6/c1-10(20)17-7-6-15(23)25-9-14(22)19-18-13(21)8-24-12-4-2-11(16)3-5-12/h2-5H,6-9H2,1H3,(H,17,20)(H,18,21)(H,19,22). The molecule has 0 saturated carbocycles. The van der Waals surface area contributed by atoms with Gasteiger partial charge in [0.15, 0.2) is 13.2 Å². The minimum atomic E-state index is -0.715. The first-order valence-corrected chi connectivity index (χ1v) is 7.60. The molecular formula is C15H18ClN3O6. The van der Waals surface area contributed by atoms with Crippen molar-refractivity contribution in [1.82, 2.24) is 16.2 Å². The van der Waals surface area contributed by atoms with Gasteiger partial charge in [0.2, 0.25) is 5.91 Å². The number of nitrogens with one attached hydrogen (secondary N) is 3. The van der Waals surface area contributed by atoms with E-state index in [1.165, 1.54) is 6.92 Å². The smallest absolute Gasteiger partial charge is 0.308 e. The van der Waals surface area contributed by atoms with Crippen molar-refractivity contribution < 1.29 is 28.7 Å². The molecule has 3 N–H and O–H groups in total. The Kier molecular flexibility index (Phi) is 8.80. The van der Waals surface area contributed by atoms with Gasteiger partial charge in [-0.1, -0.05) is 11.6 Å². The third kappa shape index (κ3) is 9.82. The van der Waals surface area contributed by atoms with E-state index in [1.54, 1.807) is 24.3 Å². The van der Waals surface area contributed by atoms with Crippen LogP contribution in [0.3, 0.4) is 0 Å². The van der Waals surface area contributed by atoms with Crippen LogP contribution in [0.5, 0.6) is 5.75 Å². The number of halogens is 1. The Morgan fingerprint density at radius 3 is 2.20 bits per heavy atom. The Morgan fingerprint density at radius 2 is 1.60 bits per heavy atom. The zero-order chi connectivity index (χ0) is 18.7. The first kappa shape index (κ1) is 20.2. The van der Waals surface area contributed by atoms with Crippen molar-refractivity contribution in [3.8, 4) is 5.75 Å². The van der Waals surface area contributed by atoms with Gasteiger partial charge in [-0.2, -0.15) is 0 Å². The summed E-state index contributed by atoms with van der Waals surface area (Å²) in [6.07, 6.45) is -0.0614. The van der Waals surface area contributed by atoms with E-state index in [2.05, 4.69) is 20.9 Å². The van der Waals surface area contributed by atoms with E-state index in [0.717, 1.165) is 0 Å². The van der Waals surface area contributed by atoms with Gasteiger partial charge in [0.25, 0.3) is 11.8 Å². The van der Waals surface area contributed by atoms with Gasteiger partial charge in [0, 0.05) is 18.5 Å². The first-order chi connectivity index (χ1) is 11.9. The number of carbonyl (C=O) groups is 4. The summed E-state index contributed by atoms with van der Waals surface area (Å²) in [5.74, 6) is -1.79. The van der Waals surface area contributed by atoms with Gasteiger partial charge in [-0.25, -0.2) is 0 Å². The number of carbonyl (C=O) groups excluding carboxylic acids is 4. The third-order valence-corrected chi connectivity index (χ3v) is 2.84. The van der Waals surface area contributed by atoms with Gasteiger partial charge < -0.3 is 14.8 Å². The van der Waals surface area contributed by atoms with Crippen LogP contribution in [-0.4, -0.2) is 43.4 Å². The highest BCUT2D eigenvalue weighted by molar-refractivity contribution is 6.30. The SMILES string of the molecule is CC(=O)NCCC(=O)OCC(=O)NNC(=O)COc1ccc(Cl)cc1. The maximum Gasteiger partial charge on any atom is 0.308 e. The number of hydrazine groups is 1. The quantitative estimate of drug-likeness (QED) is 0.434. The lowest BCUT2D eigenvalue weighted by molar-refractivity contribution is -0.149. The van der Waals surface area contributed by atoms with Crippen molar-refractivity contribution in [2.75, 3.05) is 19.8 Å². The molecular weight excluding hydrogens is 354 g/mol. The summed E-state index contributed by atoms with van der Waals surface area (Å²) in [5, 5.41) is 2.95. The van der Waals surface area contributed by atoms with Crippen molar-refractivity contribution in [3.63, 3.8) is 0 Å². The van der Waals surface area contributed by atoms with Crippen LogP contribution in [0.2, 0.25) is 5.02 Å². The molecule has 10 heteroatoms. The number of amides is 3.